The van der Waals surface area contributed by atoms with E-state index in [4.69, 9.17) is 16.7 Å². The van der Waals surface area contributed by atoms with E-state index in [1.807, 2.05) is 6.26 Å². The highest BCUT2D eigenvalue weighted by molar-refractivity contribution is 7.98. The Morgan fingerprint density at radius 1 is 1.69 bits per heavy atom. The summed E-state index contributed by atoms with van der Waals surface area (Å²) in [5, 5.41) is 15.8. The lowest BCUT2D eigenvalue weighted by Crippen LogP contribution is -2.25. The SMILES string of the molecule is CSCCNc1cnn(CCO)c(=O)c1Cl. The van der Waals surface area contributed by atoms with Crippen molar-refractivity contribution < 1.29 is 5.11 Å². The van der Waals surface area contributed by atoms with Crippen LogP contribution >= 0.6 is 23.4 Å². The van der Waals surface area contributed by atoms with Gasteiger partial charge in [0, 0.05) is 12.3 Å². The van der Waals surface area contributed by atoms with Gasteiger partial charge in [0.25, 0.3) is 5.56 Å². The second-order valence-electron chi connectivity index (χ2n) is 3.04. The van der Waals surface area contributed by atoms with Crippen LogP contribution in [-0.4, -0.2) is 40.0 Å². The maximum absolute atomic E-state index is 11.6. The second kappa shape index (κ2) is 6.78. The highest BCUT2D eigenvalue weighted by Crippen LogP contribution is 2.14. The van der Waals surface area contributed by atoms with E-state index in [-0.39, 0.29) is 23.7 Å². The van der Waals surface area contributed by atoms with Crippen LogP contribution in [0.4, 0.5) is 5.69 Å². The van der Waals surface area contributed by atoms with Crippen LogP contribution in [-0.2, 0) is 6.54 Å². The van der Waals surface area contributed by atoms with Crippen LogP contribution in [0, 0.1) is 0 Å². The van der Waals surface area contributed by atoms with Crippen molar-refractivity contribution in [1.82, 2.24) is 9.78 Å². The predicted octanol–water partition coefficient (Wildman–Crippen LogP) is 0.664. The first-order valence-corrected chi connectivity index (χ1v) is 6.57. The molecular formula is C9H14ClN3O2S. The molecule has 0 unspecified atom stereocenters. The van der Waals surface area contributed by atoms with Crippen LogP contribution in [0.5, 0.6) is 0 Å². The molecule has 0 aliphatic rings. The zero-order chi connectivity index (χ0) is 12.0. The molecule has 0 bridgehead atoms. The zero-order valence-corrected chi connectivity index (χ0v) is 10.5. The smallest absolute Gasteiger partial charge is 0.287 e. The molecule has 1 aromatic rings. The Balaban J connectivity index is 2.81. The number of aromatic nitrogens is 2. The van der Waals surface area contributed by atoms with Crippen LogP contribution in [0.25, 0.3) is 0 Å². The number of aliphatic hydroxyl groups is 1. The minimum absolute atomic E-state index is 0.115. The third-order valence-electron chi connectivity index (χ3n) is 1.92. The molecule has 0 aliphatic heterocycles. The molecule has 0 saturated heterocycles. The van der Waals surface area contributed by atoms with Crippen molar-refractivity contribution in [2.75, 3.05) is 30.5 Å². The van der Waals surface area contributed by atoms with Crippen LogP contribution in [0.1, 0.15) is 0 Å². The van der Waals surface area contributed by atoms with Crippen molar-refractivity contribution in [3.63, 3.8) is 0 Å². The van der Waals surface area contributed by atoms with Crippen LogP contribution < -0.4 is 10.9 Å². The topological polar surface area (TPSA) is 67.2 Å². The molecule has 0 radical (unpaired) electrons. The molecule has 0 fully saturated rings. The first-order chi connectivity index (χ1) is 7.70. The monoisotopic (exact) mass is 263 g/mol. The van der Waals surface area contributed by atoms with E-state index in [0.717, 1.165) is 17.0 Å². The van der Waals surface area contributed by atoms with Gasteiger partial charge >= 0.3 is 0 Å². The molecule has 1 aromatic heterocycles. The third kappa shape index (κ3) is 3.40. The van der Waals surface area contributed by atoms with Gasteiger partial charge in [0.2, 0.25) is 0 Å². The Labute approximate surface area is 103 Å². The Morgan fingerprint density at radius 2 is 2.44 bits per heavy atom. The lowest BCUT2D eigenvalue weighted by Gasteiger charge is -2.08. The van der Waals surface area contributed by atoms with Gasteiger partial charge < -0.3 is 10.4 Å². The number of nitrogens with one attached hydrogen (secondary N) is 1. The summed E-state index contributed by atoms with van der Waals surface area (Å²) in [4.78, 5) is 11.6. The number of rotatable bonds is 6. The van der Waals surface area contributed by atoms with Crippen molar-refractivity contribution in [1.29, 1.82) is 0 Å². The van der Waals surface area contributed by atoms with Crippen molar-refractivity contribution in [3.8, 4) is 0 Å². The lowest BCUT2D eigenvalue weighted by atomic mass is 10.4. The van der Waals surface area contributed by atoms with Crippen LogP contribution in [0.2, 0.25) is 5.02 Å². The summed E-state index contributed by atoms with van der Waals surface area (Å²) in [6.07, 6.45) is 3.50. The molecule has 5 nitrogen and oxygen atoms in total. The molecule has 2 N–H and O–H groups in total. The number of hydrogen-bond acceptors (Lipinski definition) is 5. The highest BCUT2D eigenvalue weighted by Gasteiger charge is 2.07. The summed E-state index contributed by atoms with van der Waals surface area (Å²) >= 11 is 7.59. The maximum atomic E-state index is 11.6. The minimum atomic E-state index is -0.384. The molecule has 0 spiro atoms. The zero-order valence-electron chi connectivity index (χ0n) is 8.94. The molecular weight excluding hydrogens is 250 g/mol. The first-order valence-electron chi connectivity index (χ1n) is 4.80. The molecule has 0 aromatic carbocycles. The van der Waals surface area contributed by atoms with E-state index in [1.54, 1.807) is 11.8 Å². The van der Waals surface area contributed by atoms with Gasteiger partial charge in [0.1, 0.15) is 5.02 Å². The van der Waals surface area contributed by atoms with Crippen LogP contribution in [0.15, 0.2) is 11.0 Å². The van der Waals surface area contributed by atoms with Gasteiger partial charge in [-0.15, -0.1) is 0 Å². The Hall–Kier alpha value is -0.720. The minimum Gasteiger partial charge on any atom is -0.394 e. The molecule has 1 rings (SSSR count). The van der Waals surface area contributed by atoms with Gasteiger partial charge in [-0.1, -0.05) is 11.6 Å². The number of aliphatic hydroxyl groups excluding tert-OH is 1. The molecule has 0 saturated carbocycles. The number of hydrogen-bond donors (Lipinski definition) is 2. The third-order valence-corrected chi connectivity index (χ3v) is 2.90. The Morgan fingerprint density at radius 3 is 3.06 bits per heavy atom. The van der Waals surface area contributed by atoms with Gasteiger partial charge in [-0.2, -0.15) is 16.9 Å². The quantitative estimate of drug-likeness (QED) is 0.739. The summed E-state index contributed by atoms with van der Waals surface area (Å²) in [5.41, 5.74) is 0.153. The number of thioether (sulfide) groups is 1. The molecule has 0 aliphatic carbocycles. The van der Waals surface area contributed by atoms with E-state index >= 15 is 0 Å². The van der Waals surface area contributed by atoms with E-state index in [0.29, 0.717) is 5.69 Å². The fourth-order valence-corrected chi connectivity index (χ4v) is 1.65. The van der Waals surface area contributed by atoms with Gasteiger partial charge in [-0.05, 0) is 6.26 Å². The summed E-state index contributed by atoms with van der Waals surface area (Å²) in [6.45, 7) is 0.748. The standard InChI is InChI=1S/C9H14ClN3O2S/c1-16-5-2-11-7-6-12-13(3-4-14)9(15)8(7)10/h6,11,14H,2-5H2,1H3. The molecule has 1 heterocycles. The van der Waals surface area contributed by atoms with Crippen molar-refractivity contribution in [3.05, 3.63) is 21.6 Å². The Kier molecular flexibility index (Phi) is 5.65. The Bertz CT molecular complexity index is 397. The largest absolute Gasteiger partial charge is 0.394 e. The van der Waals surface area contributed by atoms with E-state index < -0.39 is 0 Å². The summed E-state index contributed by atoms with van der Waals surface area (Å²) in [5.74, 6) is 0.927. The number of nitrogens with zero attached hydrogens (tertiary/aromatic N) is 2. The average Bonchev–Trinajstić information content (AvgIpc) is 2.28. The highest BCUT2D eigenvalue weighted by atomic mass is 35.5. The number of halogens is 1. The van der Waals surface area contributed by atoms with Gasteiger partial charge in [0.15, 0.2) is 0 Å². The molecule has 90 valence electrons. The summed E-state index contributed by atoms with van der Waals surface area (Å²) in [6, 6.07) is 0. The fraction of sp³-hybridized carbons (Fsp3) is 0.556. The van der Waals surface area contributed by atoms with Crippen LogP contribution in [0.3, 0.4) is 0 Å². The maximum Gasteiger partial charge on any atom is 0.287 e. The molecule has 0 amide bonds. The summed E-state index contributed by atoms with van der Waals surface area (Å²) in [7, 11) is 0. The predicted molar refractivity (Wildman–Crippen MR) is 67.5 cm³/mol. The van der Waals surface area contributed by atoms with Gasteiger partial charge in [-0.3, -0.25) is 4.79 Å². The molecule has 16 heavy (non-hydrogen) atoms. The van der Waals surface area contributed by atoms with Crippen molar-refractivity contribution >= 4 is 29.1 Å². The molecule has 7 heteroatoms. The van der Waals surface area contributed by atoms with E-state index in [2.05, 4.69) is 10.4 Å². The van der Waals surface area contributed by atoms with Crippen molar-refractivity contribution in [2.45, 2.75) is 6.54 Å². The van der Waals surface area contributed by atoms with Crippen molar-refractivity contribution in [2.24, 2.45) is 0 Å². The normalized spacial score (nSPS) is 10.4. The number of anilines is 1. The second-order valence-corrected chi connectivity index (χ2v) is 4.41. The lowest BCUT2D eigenvalue weighted by molar-refractivity contribution is 0.266. The van der Waals surface area contributed by atoms with E-state index in [1.165, 1.54) is 6.20 Å². The first kappa shape index (κ1) is 13.3. The van der Waals surface area contributed by atoms with Gasteiger partial charge in [-0.25, -0.2) is 4.68 Å². The van der Waals surface area contributed by atoms with E-state index in [9.17, 15) is 4.79 Å². The fourth-order valence-electron chi connectivity index (χ4n) is 1.13. The average molecular weight is 264 g/mol. The summed E-state index contributed by atoms with van der Waals surface area (Å²) < 4.78 is 1.14. The molecule has 0 atom stereocenters. The van der Waals surface area contributed by atoms with Gasteiger partial charge in [0.05, 0.1) is 25.0 Å².